The average molecular weight is 437 g/mol. The molecule has 0 bridgehead atoms. The van der Waals surface area contributed by atoms with E-state index in [-0.39, 0.29) is 12.5 Å². The van der Waals surface area contributed by atoms with Crippen molar-refractivity contribution in [1.82, 2.24) is 0 Å². The fourth-order valence-electron chi connectivity index (χ4n) is 4.59. The Balaban J connectivity index is 2.03. The van der Waals surface area contributed by atoms with Gasteiger partial charge in [0, 0.05) is 11.5 Å². The zero-order valence-electron chi connectivity index (χ0n) is 15.8. The molecule has 152 valence electrons. The van der Waals surface area contributed by atoms with Crippen molar-refractivity contribution in [3.63, 3.8) is 0 Å². The van der Waals surface area contributed by atoms with E-state index in [4.69, 9.17) is 33.2 Å². The highest BCUT2D eigenvalue weighted by Gasteiger charge is 2.58. The van der Waals surface area contributed by atoms with E-state index in [0.717, 1.165) is 18.4 Å². The van der Waals surface area contributed by atoms with E-state index in [0.29, 0.717) is 17.8 Å². The van der Waals surface area contributed by atoms with Crippen LogP contribution in [0.4, 0.5) is 0 Å². The van der Waals surface area contributed by atoms with Crippen molar-refractivity contribution in [2.24, 2.45) is 23.7 Å². The van der Waals surface area contributed by atoms with E-state index in [1.807, 2.05) is 30.3 Å². The van der Waals surface area contributed by atoms with Crippen LogP contribution >= 0.6 is 31.3 Å². The molecular formula is C19H27Cl2O5P. The summed E-state index contributed by atoms with van der Waals surface area (Å²) < 4.78 is 34.5. The Kier molecular flexibility index (Phi) is 6.96. The zero-order valence-corrected chi connectivity index (χ0v) is 18.3. The predicted molar refractivity (Wildman–Crippen MR) is 105 cm³/mol. The minimum absolute atomic E-state index is 0.0291. The number of ether oxygens (including phenoxy) is 2. The van der Waals surface area contributed by atoms with Gasteiger partial charge in [-0.3, -0.25) is 4.57 Å². The first kappa shape index (κ1) is 21.6. The van der Waals surface area contributed by atoms with Crippen LogP contribution in [0.3, 0.4) is 0 Å². The van der Waals surface area contributed by atoms with Gasteiger partial charge in [0.25, 0.3) is 0 Å². The van der Waals surface area contributed by atoms with Gasteiger partial charge in [-0.15, -0.1) is 0 Å². The van der Waals surface area contributed by atoms with Gasteiger partial charge in [-0.25, -0.2) is 0 Å². The van der Waals surface area contributed by atoms with Gasteiger partial charge < -0.3 is 9.47 Å². The van der Waals surface area contributed by atoms with Crippen LogP contribution in [-0.4, -0.2) is 12.5 Å². The molecule has 1 saturated carbocycles. The Morgan fingerprint density at radius 3 is 2.44 bits per heavy atom. The van der Waals surface area contributed by atoms with E-state index in [1.165, 1.54) is 6.42 Å². The number of hydrogen-bond donors (Lipinski definition) is 0. The molecule has 3 unspecified atom stereocenters. The van der Waals surface area contributed by atoms with E-state index in [9.17, 15) is 4.57 Å². The molecule has 1 aliphatic heterocycles. The van der Waals surface area contributed by atoms with Crippen molar-refractivity contribution in [2.75, 3.05) is 6.61 Å². The lowest BCUT2D eigenvalue weighted by atomic mass is 9.65. The molecule has 0 aromatic heterocycles. The summed E-state index contributed by atoms with van der Waals surface area (Å²) in [5.74, 6) is -0.485. The fraction of sp³-hybridized carbons (Fsp3) is 0.684. The molecule has 0 N–H and O–H groups in total. The normalized spacial score (nSPS) is 34.9. The number of rotatable bonds is 6. The van der Waals surface area contributed by atoms with E-state index in [2.05, 4.69) is 28.9 Å². The van der Waals surface area contributed by atoms with Crippen molar-refractivity contribution in [2.45, 2.75) is 51.7 Å². The Morgan fingerprint density at radius 2 is 1.85 bits per heavy atom. The molecule has 2 fully saturated rings. The standard InChI is InChI=1S/C19H27Cl2O5P/c1-13(2)16-10-9-14(3)11-17(16)19(15-7-5-4-6-8-15)23-12-18(24-19)27(22,25-20)26-21/h4-8,13-14,16-18H,9-12H2,1-3H3/t14?,16?,17?,18-,19-/m1/s1. The highest BCUT2D eigenvalue weighted by molar-refractivity contribution is 7.56. The maximum absolute atomic E-state index is 12.7. The van der Waals surface area contributed by atoms with E-state index in [1.54, 1.807) is 0 Å². The first-order valence-electron chi connectivity index (χ1n) is 9.44. The highest BCUT2D eigenvalue weighted by Crippen LogP contribution is 2.62. The SMILES string of the molecule is CC1CCC(C(C)C)C([C@]2(c3ccccc3)OC[C@@H](P(=O)(OCl)OCl)O2)C1. The third kappa shape index (κ3) is 4.11. The highest BCUT2D eigenvalue weighted by atomic mass is 35.5. The molecule has 1 heterocycles. The van der Waals surface area contributed by atoms with Crippen LogP contribution in [0.5, 0.6) is 0 Å². The maximum Gasteiger partial charge on any atom is 0.394 e. The van der Waals surface area contributed by atoms with Crippen molar-refractivity contribution >= 4 is 31.3 Å². The lowest BCUT2D eigenvalue weighted by Gasteiger charge is -2.46. The Hall–Kier alpha value is -0.130. The monoisotopic (exact) mass is 436 g/mol. The van der Waals surface area contributed by atoms with Gasteiger partial charge in [-0.1, -0.05) is 57.5 Å². The Labute approximate surface area is 171 Å². The summed E-state index contributed by atoms with van der Waals surface area (Å²) >= 11 is 10.8. The zero-order chi connectivity index (χ0) is 19.7. The summed E-state index contributed by atoms with van der Waals surface area (Å²) in [4.78, 5) is 0. The van der Waals surface area contributed by atoms with Crippen molar-refractivity contribution < 1.29 is 22.2 Å². The van der Waals surface area contributed by atoms with Gasteiger partial charge in [-0.2, -0.15) is 8.15 Å². The van der Waals surface area contributed by atoms with Crippen LogP contribution in [0.15, 0.2) is 30.3 Å². The smallest absolute Gasteiger partial charge is 0.342 e. The minimum Gasteiger partial charge on any atom is -0.342 e. The van der Waals surface area contributed by atoms with Gasteiger partial charge >= 0.3 is 7.60 Å². The van der Waals surface area contributed by atoms with Crippen LogP contribution in [0.2, 0.25) is 0 Å². The molecule has 2 aliphatic rings. The number of benzene rings is 1. The number of halogens is 2. The quantitative estimate of drug-likeness (QED) is 0.479. The lowest BCUT2D eigenvalue weighted by Crippen LogP contribution is -2.45. The predicted octanol–water partition coefficient (Wildman–Crippen LogP) is 6.45. The summed E-state index contributed by atoms with van der Waals surface area (Å²) in [5.41, 5.74) is 0.896. The second kappa shape index (κ2) is 8.71. The molecule has 3 rings (SSSR count). The fourth-order valence-corrected chi connectivity index (χ4v) is 6.12. The lowest BCUT2D eigenvalue weighted by molar-refractivity contribution is -0.234. The van der Waals surface area contributed by atoms with Crippen molar-refractivity contribution in [1.29, 1.82) is 0 Å². The van der Waals surface area contributed by atoms with E-state index < -0.39 is 19.2 Å². The van der Waals surface area contributed by atoms with Crippen molar-refractivity contribution in [3.05, 3.63) is 35.9 Å². The molecule has 8 heteroatoms. The number of hydrogen-bond acceptors (Lipinski definition) is 5. The van der Waals surface area contributed by atoms with Crippen LogP contribution in [0.25, 0.3) is 0 Å². The van der Waals surface area contributed by atoms with Gasteiger partial charge in [0.05, 0.1) is 30.3 Å². The molecule has 0 amide bonds. The second-order valence-electron chi connectivity index (χ2n) is 8.03. The summed E-state index contributed by atoms with van der Waals surface area (Å²) in [6.45, 7) is 6.74. The molecular weight excluding hydrogens is 410 g/mol. The molecule has 5 atom stereocenters. The topological polar surface area (TPSA) is 54.0 Å². The molecule has 0 spiro atoms. The molecule has 0 radical (unpaired) electrons. The Morgan fingerprint density at radius 1 is 1.19 bits per heavy atom. The maximum atomic E-state index is 12.7. The molecule has 5 nitrogen and oxygen atoms in total. The minimum atomic E-state index is -3.86. The Bertz CT molecular complexity index is 665. The molecule has 1 aliphatic carbocycles. The summed E-state index contributed by atoms with van der Waals surface area (Å²) in [6, 6.07) is 9.80. The first-order chi connectivity index (χ1) is 12.9. The molecule has 1 aromatic rings. The first-order valence-corrected chi connectivity index (χ1v) is 11.7. The third-order valence-corrected chi connectivity index (χ3v) is 8.48. The van der Waals surface area contributed by atoms with Gasteiger partial charge in [0.15, 0.2) is 11.6 Å². The van der Waals surface area contributed by atoms with Crippen LogP contribution in [-0.2, 0) is 28.0 Å². The average Bonchev–Trinajstić information content (AvgIpc) is 3.15. The van der Waals surface area contributed by atoms with Crippen LogP contribution in [0.1, 0.15) is 45.6 Å². The van der Waals surface area contributed by atoms with Crippen LogP contribution in [0, 0.1) is 23.7 Å². The van der Waals surface area contributed by atoms with Crippen LogP contribution < -0.4 is 0 Å². The van der Waals surface area contributed by atoms with Gasteiger partial charge in [0.2, 0.25) is 0 Å². The largest absolute Gasteiger partial charge is 0.394 e. The third-order valence-electron chi connectivity index (χ3n) is 5.98. The van der Waals surface area contributed by atoms with Gasteiger partial charge in [0.1, 0.15) is 0 Å². The second-order valence-corrected chi connectivity index (χ2v) is 10.8. The van der Waals surface area contributed by atoms with Gasteiger partial charge in [-0.05, 0) is 30.6 Å². The summed E-state index contributed by atoms with van der Waals surface area (Å²) in [7, 11) is -3.86. The van der Waals surface area contributed by atoms with E-state index >= 15 is 0 Å². The molecule has 1 aromatic carbocycles. The molecule has 1 saturated heterocycles. The summed E-state index contributed by atoms with van der Waals surface area (Å²) in [6.07, 6.45) is 3.24. The van der Waals surface area contributed by atoms with Crippen molar-refractivity contribution in [3.8, 4) is 0 Å². The summed E-state index contributed by atoms with van der Waals surface area (Å²) in [5, 5.41) is 0. The molecule has 27 heavy (non-hydrogen) atoms.